The topological polar surface area (TPSA) is 0 Å². The normalized spacial score (nSPS) is 22.8. The van der Waals surface area contributed by atoms with Crippen molar-refractivity contribution in [3.8, 4) is 0 Å². The Bertz CT molecular complexity index is 305. The van der Waals surface area contributed by atoms with Gasteiger partial charge < -0.3 is 0 Å². The van der Waals surface area contributed by atoms with Crippen LogP contribution in [0.2, 0.25) is 0 Å². The highest BCUT2D eigenvalue weighted by Crippen LogP contribution is 2.29. The Morgan fingerprint density at radius 1 is 1.71 bits per heavy atom. The third-order valence-electron chi connectivity index (χ3n) is 2.49. The first-order chi connectivity index (χ1) is 6.65. The SMILES string of the molecule is C=C/C(=C\C)CC1C=C(Cl)C=C(C)C1. The molecule has 1 aliphatic carbocycles. The summed E-state index contributed by atoms with van der Waals surface area (Å²) in [7, 11) is 0. The van der Waals surface area contributed by atoms with Crippen LogP contribution >= 0.6 is 11.6 Å². The van der Waals surface area contributed by atoms with Crippen molar-refractivity contribution in [2.45, 2.75) is 26.7 Å². The van der Waals surface area contributed by atoms with Crippen molar-refractivity contribution in [1.82, 2.24) is 0 Å². The van der Waals surface area contributed by atoms with E-state index in [9.17, 15) is 0 Å². The van der Waals surface area contributed by atoms with Crippen LogP contribution in [0.1, 0.15) is 26.7 Å². The molecule has 1 atom stereocenters. The van der Waals surface area contributed by atoms with Gasteiger partial charge in [-0.05, 0) is 38.7 Å². The van der Waals surface area contributed by atoms with Crippen LogP contribution in [0.3, 0.4) is 0 Å². The van der Waals surface area contributed by atoms with Crippen LogP contribution in [0, 0.1) is 5.92 Å². The second kappa shape index (κ2) is 5.21. The highest BCUT2D eigenvalue weighted by Gasteiger charge is 2.12. The quantitative estimate of drug-likeness (QED) is 0.595. The van der Waals surface area contributed by atoms with Crippen LogP contribution in [0.25, 0.3) is 0 Å². The highest BCUT2D eigenvalue weighted by molar-refractivity contribution is 6.31. The molecule has 0 saturated heterocycles. The van der Waals surface area contributed by atoms with E-state index in [0.717, 1.165) is 17.9 Å². The Labute approximate surface area is 91.7 Å². The maximum Gasteiger partial charge on any atom is 0.0368 e. The van der Waals surface area contributed by atoms with E-state index >= 15 is 0 Å². The lowest BCUT2D eigenvalue weighted by Crippen LogP contribution is -2.03. The molecule has 0 heterocycles. The zero-order valence-electron chi connectivity index (χ0n) is 8.89. The Hall–Kier alpha value is -0.750. The molecule has 0 bridgehead atoms. The summed E-state index contributed by atoms with van der Waals surface area (Å²) in [5.74, 6) is 0.539. The summed E-state index contributed by atoms with van der Waals surface area (Å²) < 4.78 is 0. The molecule has 0 fully saturated rings. The zero-order chi connectivity index (χ0) is 10.6. The lowest BCUT2D eigenvalue weighted by molar-refractivity contribution is 0.633. The van der Waals surface area contributed by atoms with Crippen LogP contribution in [0.4, 0.5) is 0 Å². The number of rotatable bonds is 3. The fourth-order valence-corrected chi connectivity index (χ4v) is 2.16. The molecule has 0 aromatic carbocycles. The van der Waals surface area contributed by atoms with E-state index in [1.807, 2.05) is 19.1 Å². The van der Waals surface area contributed by atoms with Gasteiger partial charge in [0.2, 0.25) is 0 Å². The lowest BCUT2D eigenvalue weighted by atomic mass is 9.89. The second-order valence-electron chi connectivity index (χ2n) is 3.78. The fraction of sp³-hybridized carbons (Fsp3) is 0.385. The molecular formula is C13H17Cl. The van der Waals surface area contributed by atoms with Crippen molar-refractivity contribution in [2.24, 2.45) is 5.92 Å². The van der Waals surface area contributed by atoms with Gasteiger partial charge in [0.25, 0.3) is 0 Å². The first-order valence-corrected chi connectivity index (χ1v) is 5.35. The highest BCUT2D eigenvalue weighted by atomic mass is 35.5. The molecule has 0 saturated carbocycles. The van der Waals surface area contributed by atoms with Crippen molar-refractivity contribution in [3.05, 3.63) is 47.1 Å². The molecule has 14 heavy (non-hydrogen) atoms. The monoisotopic (exact) mass is 208 g/mol. The van der Waals surface area contributed by atoms with E-state index in [2.05, 4.69) is 25.7 Å². The van der Waals surface area contributed by atoms with Crippen molar-refractivity contribution < 1.29 is 0 Å². The first-order valence-electron chi connectivity index (χ1n) is 4.97. The van der Waals surface area contributed by atoms with E-state index in [-0.39, 0.29) is 0 Å². The molecule has 0 aliphatic heterocycles. The minimum absolute atomic E-state index is 0.539. The number of halogens is 1. The van der Waals surface area contributed by atoms with Gasteiger partial charge in [-0.2, -0.15) is 0 Å². The third-order valence-corrected chi connectivity index (χ3v) is 2.73. The molecule has 0 amide bonds. The molecule has 0 radical (unpaired) electrons. The number of allylic oxidation sites excluding steroid dienone is 7. The molecule has 1 aliphatic rings. The fourth-order valence-electron chi connectivity index (χ4n) is 1.79. The zero-order valence-corrected chi connectivity index (χ0v) is 9.64. The van der Waals surface area contributed by atoms with E-state index in [1.54, 1.807) is 0 Å². The standard InChI is InChI=1S/C13H17Cl/c1-4-11(5-2)8-12-6-10(3)7-13(14)9-12/h4-5,7,9,12H,1,6,8H2,2-3H3/b11-5+. The van der Waals surface area contributed by atoms with Crippen LogP contribution in [0.5, 0.6) is 0 Å². The molecule has 76 valence electrons. The average Bonchev–Trinajstić information content (AvgIpc) is 2.12. The maximum absolute atomic E-state index is 6.02. The summed E-state index contributed by atoms with van der Waals surface area (Å²) in [6.45, 7) is 7.98. The summed E-state index contributed by atoms with van der Waals surface area (Å²) >= 11 is 6.02. The summed E-state index contributed by atoms with van der Waals surface area (Å²) in [5, 5.41) is 0.873. The minimum atomic E-state index is 0.539. The van der Waals surface area contributed by atoms with E-state index in [1.165, 1.54) is 11.1 Å². The molecule has 0 aromatic rings. The molecule has 1 rings (SSSR count). The lowest BCUT2D eigenvalue weighted by Gasteiger charge is -2.18. The van der Waals surface area contributed by atoms with Crippen LogP contribution in [-0.2, 0) is 0 Å². The predicted molar refractivity (Wildman–Crippen MR) is 64.4 cm³/mol. The second-order valence-corrected chi connectivity index (χ2v) is 4.21. The largest absolute Gasteiger partial charge is 0.0988 e. The van der Waals surface area contributed by atoms with Crippen LogP contribution in [0.15, 0.2) is 47.1 Å². The summed E-state index contributed by atoms with van der Waals surface area (Å²) in [6.07, 6.45) is 10.4. The van der Waals surface area contributed by atoms with E-state index < -0.39 is 0 Å². The van der Waals surface area contributed by atoms with Crippen molar-refractivity contribution >= 4 is 11.6 Å². The first kappa shape index (κ1) is 11.3. The van der Waals surface area contributed by atoms with E-state index in [4.69, 9.17) is 11.6 Å². The van der Waals surface area contributed by atoms with Gasteiger partial charge in [-0.15, -0.1) is 0 Å². The van der Waals surface area contributed by atoms with Crippen molar-refractivity contribution in [1.29, 1.82) is 0 Å². The molecule has 0 spiro atoms. The summed E-state index contributed by atoms with van der Waals surface area (Å²) in [6, 6.07) is 0. The van der Waals surface area contributed by atoms with Gasteiger partial charge in [0.1, 0.15) is 0 Å². The van der Waals surface area contributed by atoms with Crippen LogP contribution in [-0.4, -0.2) is 0 Å². The van der Waals surface area contributed by atoms with Gasteiger partial charge in [-0.3, -0.25) is 0 Å². The molecule has 0 nitrogen and oxygen atoms in total. The molecule has 1 unspecified atom stereocenters. The number of hydrogen-bond acceptors (Lipinski definition) is 0. The van der Waals surface area contributed by atoms with Gasteiger partial charge in [0.15, 0.2) is 0 Å². The van der Waals surface area contributed by atoms with Crippen molar-refractivity contribution in [3.63, 3.8) is 0 Å². The Kier molecular flexibility index (Phi) is 4.21. The summed E-state index contributed by atoms with van der Waals surface area (Å²) in [4.78, 5) is 0. The Balaban J connectivity index is 2.65. The smallest absolute Gasteiger partial charge is 0.0368 e. The Morgan fingerprint density at radius 3 is 2.93 bits per heavy atom. The van der Waals surface area contributed by atoms with Gasteiger partial charge >= 0.3 is 0 Å². The van der Waals surface area contributed by atoms with Gasteiger partial charge in [-0.1, -0.05) is 47.6 Å². The van der Waals surface area contributed by atoms with Gasteiger partial charge in [0, 0.05) is 5.03 Å². The molecule has 1 heteroatoms. The molecule has 0 N–H and O–H groups in total. The average molecular weight is 209 g/mol. The van der Waals surface area contributed by atoms with Gasteiger partial charge in [-0.25, -0.2) is 0 Å². The van der Waals surface area contributed by atoms with Crippen LogP contribution < -0.4 is 0 Å². The van der Waals surface area contributed by atoms with Crippen molar-refractivity contribution in [2.75, 3.05) is 0 Å². The third kappa shape index (κ3) is 3.19. The van der Waals surface area contributed by atoms with Gasteiger partial charge in [0.05, 0.1) is 0 Å². The number of hydrogen-bond donors (Lipinski definition) is 0. The molecular weight excluding hydrogens is 192 g/mol. The predicted octanol–water partition coefficient (Wildman–Crippen LogP) is 4.60. The minimum Gasteiger partial charge on any atom is -0.0988 e. The maximum atomic E-state index is 6.02. The van der Waals surface area contributed by atoms with E-state index in [0.29, 0.717) is 5.92 Å². The molecule has 0 aromatic heterocycles. The Morgan fingerprint density at radius 2 is 2.43 bits per heavy atom. The summed E-state index contributed by atoms with van der Waals surface area (Å²) in [5.41, 5.74) is 2.66.